The number of hydrogen-bond donors (Lipinski definition) is 2. The van der Waals surface area contributed by atoms with E-state index in [4.69, 9.17) is 4.74 Å². The quantitative estimate of drug-likeness (QED) is 0.623. The summed E-state index contributed by atoms with van der Waals surface area (Å²) in [6.45, 7) is 4.61. The van der Waals surface area contributed by atoms with Crippen molar-refractivity contribution in [3.63, 3.8) is 0 Å². The van der Waals surface area contributed by atoms with Crippen molar-refractivity contribution in [1.29, 1.82) is 0 Å². The molecule has 1 rings (SSSR count). The second-order valence-electron chi connectivity index (χ2n) is 6.37. The number of carbonyl (C=O) groups excluding carboxylic acids is 3. The first-order valence-corrected chi connectivity index (χ1v) is 10.1. The van der Waals surface area contributed by atoms with Gasteiger partial charge in [0, 0.05) is 6.54 Å². The number of nitrogens with one attached hydrogen (secondary N) is 2. The van der Waals surface area contributed by atoms with Crippen molar-refractivity contribution in [2.45, 2.75) is 20.8 Å². The molecule has 0 aliphatic carbocycles. The van der Waals surface area contributed by atoms with Crippen molar-refractivity contribution >= 4 is 33.6 Å². The van der Waals surface area contributed by atoms with E-state index in [0.717, 1.165) is 10.6 Å². The lowest BCUT2D eigenvalue weighted by Gasteiger charge is -2.23. The highest BCUT2D eigenvalue weighted by molar-refractivity contribution is 7.92. The largest absolute Gasteiger partial charge is 0.454 e. The predicted octanol–water partition coefficient (Wildman–Crippen LogP) is 0.786. The number of esters is 1. The van der Waals surface area contributed by atoms with Gasteiger partial charge >= 0.3 is 12.0 Å². The number of carbonyl (C=O) groups is 3. The zero-order valence-electron chi connectivity index (χ0n) is 15.8. The molecule has 9 nitrogen and oxygen atoms in total. The monoisotopic (exact) mass is 399 g/mol. The molecule has 0 aliphatic rings. The Balaban J connectivity index is 2.62. The zero-order valence-corrected chi connectivity index (χ0v) is 16.6. The Labute approximate surface area is 159 Å². The third kappa shape index (κ3) is 8.07. The van der Waals surface area contributed by atoms with E-state index in [0.29, 0.717) is 17.8 Å². The van der Waals surface area contributed by atoms with Gasteiger partial charge in [-0.25, -0.2) is 13.2 Å². The summed E-state index contributed by atoms with van der Waals surface area (Å²) in [6, 6.07) is 5.97. The maximum atomic E-state index is 12.0. The molecule has 150 valence electrons. The van der Waals surface area contributed by atoms with Crippen LogP contribution in [0.1, 0.15) is 19.4 Å². The van der Waals surface area contributed by atoms with Crippen LogP contribution >= 0.6 is 0 Å². The molecule has 2 N–H and O–H groups in total. The van der Waals surface area contributed by atoms with Gasteiger partial charge in [0.2, 0.25) is 10.0 Å². The Bertz CT molecular complexity index is 792. The van der Waals surface area contributed by atoms with E-state index in [1.807, 2.05) is 19.2 Å². The van der Waals surface area contributed by atoms with Crippen LogP contribution in [0, 0.1) is 12.8 Å². The molecule has 0 bridgehead atoms. The van der Waals surface area contributed by atoms with E-state index in [9.17, 15) is 22.8 Å². The van der Waals surface area contributed by atoms with E-state index >= 15 is 0 Å². The van der Waals surface area contributed by atoms with Gasteiger partial charge in [0.05, 0.1) is 11.9 Å². The summed E-state index contributed by atoms with van der Waals surface area (Å²) < 4.78 is 29.7. The molecule has 0 aromatic heterocycles. The summed E-state index contributed by atoms with van der Waals surface area (Å²) in [6.07, 6.45) is 0.971. The Morgan fingerprint density at radius 1 is 1.19 bits per heavy atom. The second kappa shape index (κ2) is 9.91. The lowest BCUT2D eigenvalue weighted by molar-refractivity contribution is -0.146. The molecule has 0 radical (unpaired) electrons. The second-order valence-corrected chi connectivity index (χ2v) is 8.28. The fourth-order valence-corrected chi connectivity index (χ4v) is 2.94. The molecule has 1 aromatic rings. The first-order valence-electron chi connectivity index (χ1n) is 8.27. The minimum Gasteiger partial charge on any atom is -0.454 e. The number of amides is 3. The molecule has 0 fully saturated rings. The van der Waals surface area contributed by atoms with Crippen molar-refractivity contribution in [3.8, 4) is 0 Å². The predicted molar refractivity (Wildman–Crippen MR) is 101 cm³/mol. The molecule has 10 heteroatoms. The minimum atomic E-state index is -3.74. The lowest BCUT2D eigenvalue weighted by atomic mass is 10.2. The average molecular weight is 399 g/mol. The van der Waals surface area contributed by atoms with Crippen LogP contribution in [0.25, 0.3) is 0 Å². The molecule has 0 heterocycles. The van der Waals surface area contributed by atoms with Gasteiger partial charge in [-0.2, -0.15) is 0 Å². The van der Waals surface area contributed by atoms with Gasteiger partial charge in [-0.15, -0.1) is 0 Å². The number of rotatable bonds is 8. The van der Waals surface area contributed by atoms with Gasteiger partial charge in [-0.1, -0.05) is 32.0 Å². The van der Waals surface area contributed by atoms with Crippen LogP contribution in [0.3, 0.4) is 0 Å². The molecule has 0 unspecified atom stereocenters. The number of hydrogen-bond acceptors (Lipinski definition) is 6. The number of benzene rings is 1. The van der Waals surface area contributed by atoms with Crippen molar-refractivity contribution in [3.05, 3.63) is 29.8 Å². The minimum absolute atomic E-state index is 0.215. The van der Waals surface area contributed by atoms with Crippen LogP contribution in [0.15, 0.2) is 24.3 Å². The summed E-state index contributed by atoms with van der Waals surface area (Å²) in [5, 5.41) is 4.50. The number of sulfonamides is 1. The summed E-state index contributed by atoms with van der Waals surface area (Å²) >= 11 is 0. The molecule has 0 saturated carbocycles. The van der Waals surface area contributed by atoms with E-state index in [1.165, 1.54) is 0 Å². The van der Waals surface area contributed by atoms with Crippen LogP contribution in [-0.4, -0.2) is 52.3 Å². The summed E-state index contributed by atoms with van der Waals surface area (Å²) in [4.78, 5) is 35.1. The van der Waals surface area contributed by atoms with Crippen LogP contribution in [-0.2, 0) is 24.3 Å². The average Bonchev–Trinajstić information content (AvgIpc) is 2.56. The Morgan fingerprint density at radius 2 is 1.81 bits per heavy atom. The van der Waals surface area contributed by atoms with E-state index in [-0.39, 0.29) is 5.92 Å². The molecule has 0 saturated heterocycles. The first-order chi connectivity index (χ1) is 12.5. The number of urea groups is 1. The molecule has 1 aromatic carbocycles. The number of nitrogens with zero attached hydrogens (tertiary/aromatic N) is 1. The summed E-state index contributed by atoms with van der Waals surface area (Å²) in [5.74, 6) is -1.51. The third-order valence-corrected chi connectivity index (χ3v) is 4.47. The number of aryl methyl sites for hydroxylation is 1. The highest BCUT2D eigenvalue weighted by Gasteiger charge is 2.23. The maximum absolute atomic E-state index is 12.0. The van der Waals surface area contributed by atoms with Crippen molar-refractivity contribution in [2.75, 3.05) is 30.3 Å². The fourth-order valence-electron chi connectivity index (χ4n) is 2.04. The van der Waals surface area contributed by atoms with Crippen molar-refractivity contribution < 1.29 is 27.5 Å². The molecule has 3 amide bonds. The molecule has 0 atom stereocenters. The highest BCUT2D eigenvalue weighted by atomic mass is 32.2. The van der Waals surface area contributed by atoms with Gasteiger partial charge in [0.15, 0.2) is 6.61 Å². The fraction of sp³-hybridized carbons (Fsp3) is 0.471. The van der Waals surface area contributed by atoms with Crippen LogP contribution in [0.4, 0.5) is 10.5 Å². The Hall–Kier alpha value is -2.62. The first kappa shape index (κ1) is 22.4. The van der Waals surface area contributed by atoms with Crippen molar-refractivity contribution in [1.82, 2.24) is 10.6 Å². The molecular weight excluding hydrogens is 374 g/mol. The van der Waals surface area contributed by atoms with Crippen LogP contribution < -0.4 is 14.9 Å². The van der Waals surface area contributed by atoms with Gasteiger partial charge < -0.3 is 10.1 Å². The number of para-hydroxylation sites is 1. The number of anilines is 1. The van der Waals surface area contributed by atoms with Crippen LogP contribution in [0.5, 0.6) is 0 Å². The van der Waals surface area contributed by atoms with E-state index in [2.05, 4.69) is 5.32 Å². The Kier molecular flexibility index (Phi) is 8.23. The molecule has 0 spiro atoms. The molecule has 27 heavy (non-hydrogen) atoms. The van der Waals surface area contributed by atoms with Crippen molar-refractivity contribution in [2.24, 2.45) is 5.92 Å². The maximum Gasteiger partial charge on any atom is 0.327 e. The van der Waals surface area contributed by atoms with Gasteiger partial charge in [-0.05, 0) is 24.5 Å². The SMILES string of the molecule is Cc1ccccc1N(CC(=O)OCC(=O)NC(=O)NCC(C)C)S(C)(=O)=O. The topological polar surface area (TPSA) is 122 Å². The van der Waals surface area contributed by atoms with E-state index < -0.39 is 41.1 Å². The molecule has 0 aliphatic heterocycles. The zero-order chi connectivity index (χ0) is 20.6. The van der Waals surface area contributed by atoms with Crippen LogP contribution in [0.2, 0.25) is 0 Å². The highest BCUT2D eigenvalue weighted by Crippen LogP contribution is 2.21. The Morgan fingerprint density at radius 3 is 2.37 bits per heavy atom. The standard InChI is InChI=1S/C17H25N3O6S/c1-12(2)9-18-17(23)19-15(21)11-26-16(22)10-20(27(4,24)25)14-8-6-5-7-13(14)3/h5-8,12H,9-11H2,1-4H3,(H2,18,19,21,23). The van der Waals surface area contributed by atoms with E-state index in [1.54, 1.807) is 31.2 Å². The van der Waals surface area contributed by atoms with Gasteiger partial charge in [-0.3, -0.25) is 19.2 Å². The molecular formula is C17H25N3O6S. The van der Waals surface area contributed by atoms with Gasteiger partial charge in [0.1, 0.15) is 6.54 Å². The smallest absolute Gasteiger partial charge is 0.327 e. The summed E-state index contributed by atoms with van der Waals surface area (Å²) in [5.41, 5.74) is 1.00. The summed E-state index contributed by atoms with van der Waals surface area (Å²) in [7, 11) is -3.74. The number of ether oxygens (including phenoxy) is 1. The normalized spacial score (nSPS) is 11.0. The third-order valence-electron chi connectivity index (χ3n) is 3.35. The number of imide groups is 1. The lowest BCUT2D eigenvalue weighted by Crippen LogP contribution is -2.43. The van der Waals surface area contributed by atoms with Gasteiger partial charge in [0.25, 0.3) is 5.91 Å².